The fourth-order valence-electron chi connectivity index (χ4n) is 2.84. The summed E-state index contributed by atoms with van der Waals surface area (Å²) < 4.78 is 37.7. The molecule has 2 aromatic rings. The Kier molecular flexibility index (Phi) is 6.59. The van der Waals surface area contributed by atoms with Crippen molar-refractivity contribution in [3.05, 3.63) is 45.4 Å². The Morgan fingerprint density at radius 2 is 2.10 bits per heavy atom. The van der Waals surface area contributed by atoms with Crippen molar-refractivity contribution >= 4 is 29.0 Å². The number of carbonyl (C=O) groups is 2. The monoisotopic (exact) mass is 437 g/mol. The van der Waals surface area contributed by atoms with E-state index in [1.54, 1.807) is 0 Å². The fourth-order valence-corrected chi connectivity index (χ4v) is 3.71. The lowest BCUT2D eigenvalue weighted by Crippen LogP contribution is -2.45. The highest BCUT2D eigenvalue weighted by Gasteiger charge is 2.31. The average molecular weight is 437 g/mol. The van der Waals surface area contributed by atoms with Crippen molar-refractivity contribution in [3.8, 4) is 11.8 Å². The Bertz CT molecular complexity index is 986. The van der Waals surface area contributed by atoms with Crippen LogP contribution in [-0.4, -0.2) is 36.1 Å². The third kappa shape index (κ3) is 5.71. The number of hydrogen-bond acceptors (Lipinski definition) is 5. The molecule has 3 heterocycles. The molecule has 0 bridgehead atoms. The lowest BCUT2D eigenvalue weighted by atomic mass is 10.1. The van der Waals surface area contributed by atoms with Gasteiger partial charge in [0.1, 0.15) is 10.6 Å². The summed E-state index contributed by atoms with van der Waals surface area (Å²) in [6.07, 6.45) is -1.71. The molecule has 0 aromatic carbocycles. The second-order valence-electron chi connectivity index (χ2n) is 6.54. The van der Waals surface area contributed by atoms with E-state index < -0.39 is 17.9 Å². The van der Waals surface area contributed by atoms with Crippen LogP contribution in [0.15, 0.2) is 24.4 Å². The summed E-state index contributed by atoms with van der Waals surface area (Å²) in [6.45, 7) is 1.56. The topological polar surface area (TPSA) is 109 Å². The van der Waals surface area contributed by atoms with Gasteiger partial charge in [-0.1, -0.05) is 11.8 Å². The molecule has 3 rings (SSSR count). The molecular formula is C19H18F3N5O2S. The van der Waals surface area contributed by atoms with E-state index in [-0.39, 0.29) is 28.1 Å². The molecule has 0 unspecified atom stereocenters. The number of pyridine rings is 1. The number of thiophene rings is 1. The summed E-state index contributed by atoms with van der Waals surface area (Å²) in [5, 5.41) is 8.51. The number of carbonyl (C=O) groups excluding carboxylic acids is 2. The number of nitrogens with two attached hydrogens (primary N) is 1. The maximum atomic E-state index is 12.6. The second-order valence-corrected chi connectivity index (χ2v) is 7.59. The summed E-state index contributed by atoms with van der Waals surface area (Å²) in [7, 11) is 0. The minimum Gasteiger partial charge on any atom is -0.351 e. The largest absolute Gasteiger partial charge is 0.433 e. The average Bonchev–Trinajstić information content (AvgIpc) is 3.09. The SMILES string of the molecule is NC(=O)Nc1cc(C#Cc2ccc(C(F)(F)F)nc2)sc1C(=O)N[C@H]1CCCNC1. The zero-order valence-corrected chi connectivity index (χ0v) is 16.4. The smallest absolute Gasteiger partial charge is 0.351 e. The van der Waals surface area contributed by atoms with E-state index in [1.165, 1.54) is 12.1 Å². The fraction of sp³-hybridized carbons (Fsp3) is 0.316. The van der Waals surface area contributed by atoms with Gasteiger partial charge in [-0.25, -0.2) is 4.79 Å². The maximum Gasteiger partial charge on any atom is 0.433 e. The highest BCUT2D eigenvalue weighted by molar-refractivity contribution is 7.15. The summed E-state index contributed by atoms with van der Waals surface area (Å²) in [5.74, 6) is 5.11. The van der Waals surface area contributed by atoms with Crippen molar-refractivity contribution in [2.45, 2.75) is 25.1 Å². The van der Waals surface area contributed by atoms with Crippen LogP contribution in [0.4, 0.5) is 23.7 Å². The minimum absolute atomic E-state index is 0.0254. The molecule has 2 aromatic heterocycles. The van der Waals surface area contributed by atoms with Crippen LogP contribution < -0.4 is 21.7 Å². The van der Waals surface area contributed by atoms with Crippen LogP contribution in [-0.2, 0) is 6.18 Å². The van der Waals surface area contributed by atoms with Crippen LogP contribution in [0.2, 0.25) is 0 Å². The van der Waals surface area contributed by atoms with Crippen LogP contribution in [0.5, 0.6) is 0 Å². The van der Waals surface area contributed by atoms with E-state index in [2.05, 4.69) is 32.8 Å². The van der Waals surface area contributed by atoms with E-state index in [9.17, 15) is 22.8 Å². The van der Waals surface area contributed by atoms with Crippen molar-refractivity contribution in [1.82, 2.24) is 15.6 Å². The first-order valence-electron chi connectivity index (χ1n) is 8.99. The zero-order chi connectivity index (χ0) is 21.7. The number of nitrogens with one attached hydrogen (secondary N) is 3. The predicted octanol–water partition coefficient (Wildman–Crippen LogP) is 2.53. The maximum absolute atomic E-state index is 12.6. The number of nitrogens with zero attached hydrogens (tertiary/aromatic N) is 1. The van der Waals surface area contributed by atoms with Crippen molar-refractivity contribution < 1.29 is 22.8 Å². The Balaban J connectivity index is 1.79. The molecule has 1 aliphatic rings. The highest BCUT2D eigenvalue weighted by Crippen LogP contribution is 2.28. The quantitative estimate of drug-likeness (QED) is 0.554. The Morgan fingerprint density at radius 1 is 1.30 bits per heavy atom. The van der Waals surface area contributed by atoms with Gasteiger partial charge >= 0.3 is 12.2 Å². The molecule has 11 heteroatoms. The number of halogens is 3. The summed E-state index contributed by atoms with van der Waals surface area (Å²) in [6, 6.07) is 2.70. The third-order valence-corrected chi connectivity index (χ3v) is 5.26. The van der Waals surface area contributed by atoms with Crippen LogP contribution in [0.3, 0.4) is 0 Å². The molecular weight excluding hydrogens is 419 g/mol. The van der Waals surface area contributed by atoms with Crippen LogP contribution in [0, 0.1) is 11.8 Å². The molecule has 0 saturated carbocycles. The molecule has 30 heavy (non-hydrogen) atoms. The zero-order valence-electron chi connectivity index (χ0n) is 15.6. The number of primary amides is 1. The van der Waals surface area contributed by atoms with Gasteiger partial charge in [-0.3, -0.25) is 9.78 Å². The second kappa shape index (κ2) is 9.15. The van der Waals surface area contributed by atoms with Crippen molar-refractivity contribution in [3.63, 3.8) is 0 Å². The molecule has 1 atom stereocenters. The lowest BCUT2D eigenvalue weighted by molar-refractivity contribution is -0.141. The third-order valence-electron chi connectivity index (χ3n) is 4.21. The number of aromatic nitrogens is 1. The summed E-state index contributed by atoms with van der Waals surface area (Å²) in [4.78, 5) is 28.0. The van der Waals surface area contributed by atoms with Gasteiger partial charge in [0.2, 0.25) is 0 Å². The van der Waals surface area contributed by atoms with Crippen molar-refractivity contribution in [2.75, 3.05) is 18.4 Å². The van der Waals surface area contributed by atoms with Crippen LogP contribution >= 0.6 is 11.3 Å². The van der Waals surface area contributed by atoms with E-state index in [4.69, 9.17) is 5.73 Å². The van der Waals surface area contributed by atoms with Gasteiger partial charge < -0.3 is 21.7 Å². The van der Waals surface area contributed by atoms with E-state index in [0.717, 1.165) is 43.0 Å². The van der Waals surface area contributed by atoms with Crippen LogP contribution in [0.1, 0.15) is 38.6 Å². The van der Waals surface area contributed by atoms with E-state index in [0.29, 0.717) is 11.4 Å². The van der Waals surface area contributed by atoms with Crippen molar-refractivity contribution in [2.24, 2.45) is 5.73 Å². The predicted molar refractivity (Wildman–Crippen MR) is 106 cm³/mol. The van der Waals surface area contributed by atoms with Gasteiger partial charge in [-0.15, -0.1) is 11.3 Å². The summed E-state index contributed by atoms with van der Waals surface area (Å²) >= 11 is 1.05. The first-order valence-corrected chi connectivity index (χ1v) is 9.81. The number of urea groups is 1. The molecule has 1 aliphatic heterocycles. The number of alkyl halides is 3. The van der Waals surface area contributed by atoms with E-state index >= 15 is 0 Å². The number of piperidine rings is 1. The van der Waals surface area contributed by atoms with Gasteiger partial charge in [-0.05, 0) is 37.6 Å². The number of anilines is 1. The first-order chi connectivity index (χ1) is 14.2. The van der Waals surface area contributed by atoms with Crippen molar-refractivity contribution in [1.29, 1.82) is 0 Å². The number of rotatable bonds is 3. The molecule has 5 N–H and O–H groups in total. The highest BCUT2D eigenvalue weighted by atomic mass is 32.1. The molecule has 0 radical (unpaired) electrons. The van der Waals surface area contributed by atoms with E-state index in [1.807, 2.05) is 0 Å². The van der Waals surface area contributed by atoms with Gasteiger partial charge in [0.05, 0.1) is 10.6 Å². The Hall–Kier alpha value is -3.10. The molecule has 0 aliphatic carbocycles. The molecule has 0 spiro atoms. The normalized spacial score (nSPS) is 16.3. The van der Waals surface area contributed by atoms with Gasteiger partial charge in [-0.2, -0.15) is 13.2 Å². The van der Waals surface area contributed by atoms with Crippen LogP contribution in [0.25, 0.3) is 0 Å². The number of amides is 3. The standard InChI is InChI=1S/C19H18F3N5O2S/c20-19(21,22)15-6-4-11(9-25-15)3-5-13-8-14(27-18(23)29)16(30-13)17(28)26-12-2-1-7-24-10-12/h4,6,8-9,12,24H,1-2,7,10H2,(H,26,28)(H3,23,27,29)/t12-/m0/s1. The van der Waals surface area contributed by atoms with Gasteiger partial charge in [0, 0.05) is 24.3 Å². The summed E-state index contributed by atoms with van der Waals surface area (Å²) in [5.41, 5.74) is 4.68. The van der Waals surface area contributed by atoms with Gasteiger partial charge in [0.15, 0.2) is 0 Å². The molecule has 1 saturated heterocycles. The minimum atomic E-state index is -4.52. The number of hydrogen-bond donors (Lipinski definition) is 4. The molecule has 1 fully saturated rings. The molecule has 7 nitrogen and oxygen atoms in total. The van der Waals surface area contributed by atoms with Gasteiger partial charge in [0.25, 0.3) is 5.91 Å². The Labute approximate surface area is 174 Å². The Morgan fingerprint density at radius 3 is 2.70 bits per heavy atom. The molecule has 158 valence electrons. The molecule has 3 amide bonds. The lowest BCUT2D eigenvalue weighted by Gasteiger charge is -2.23. The first kappa shape index (κ1) is 21.6.